The van der Waals surface area contributed by atoms with Crippen molar-refractivity contribution < 1.29 is 23.8 Å². The van der Waals surface area contributed by atoms with Gasteiger partial charge in [0.15, 0.2) is 18.1 Å². The summed E-state index contributed by atoms with van der Waals surface area (Å²) < 4.78 is 16.0. The van der Waals surface area contributed by atoms with Gasteiger partial charge in [-0.3, -0.25) is 9.59 Å². The van der Waals surface area contributed by atoms with Crippen LogP contribution in [-0.4, -0.2) is 32.5 Å². The molecule has 0 aromatic heterocycles. The number of Topliss-reactive ketones (excluding diaryl/α,β-unsaturated/α-hetero) is 1. The fourth-order valence-corrected chi connectivity index (χ4v) is 3.43. The van der Waals surface area contributed by atoms with E-state index in [4.69, 9.17) is 14.2 Å². The van der Waals surface area contributed by atoms with Gasteiger partial charge in [-0.05, 0) is 30.5 Å². The summed E-state index contributed by atoms with van der Waals surface area (Å²) in [7, 11) is 3.05. The minimum atomic E-state index is -0.522. The Kier molecular flexibility index (Phi) is 4.88. The third-order valence-corrected chi connectivity index (χ3v) is 5.15. The van der Waals surface area contributed by atoms with Gasteiger partial charge in [0.1, 0.15) is 5.57 Å². The number of benzene rings is 2. The van der Waals surface area contributed by atoms with Crippen molar-refractivity contribution in [1.82, 2.24) is 5.32 Å². The summed E-state index contributed by atoms with van der Waals surface area (Å²) in [6.07, 6.45) is 1.81. The first-order valence-electron chi connectivity index (χ1n) is 9.34. The number of ether oxygens (including phenoxy) is 3. The topological polar surface area (TPSA) is 85.9 Å². The average molecular weight is 394 g/mol. The quantitative estimate of drug-likeness (QED) is 0.703. The van der Waals surface area contributed by atoms with Crippen LogP contribution in [-0.2, 0) is 19.9 Å². The summed E-state index contributed by atoms with van der Waals surface area (Å²) in [6, 6.07) is 15.0. The van der Waals surface area contributed by atoms with E-state index in [-0.39, 0.29) is 29.4 Å². The average Bonchev–Trinajstić information content (AvgIpc) is 3.44. The number of hydrogen-bond acceptors (Lipinski definition) is 6. The lowest BCUT2D eigenvalue weighted by Crippen LogP contribution is -2.31. The van der Waals surface area contributed by atoms with Crippen LogP contribution in [0, 0.1) is 0 Å². The highest BCUT2D eigenvalue weighted by atomic mass is 16.5. The molecule has 4 rings (SSSR count). The highest BCUT2D eigenvalue weighted by molar-refractivity contribution is 6.25. The number of ketones is 1. The lowest BCUT2D eigenvalue weighted by Gasteiger charge is -2.20. The van der Waals surface area contributed by atoms with Crippen LogP contribution in [0.2, 0.25) is 0 Å². The number of carbonyl (C=O) groups is 2. The number of methoxy groups -OCH3 is 2. The Morgan fingerprint density at radius 2 is 1.76 bits per heavy atom. The zero-order valence-corrected chi connectivity index (χ0v) is 16.3. The van der Waals surface area contributed by atoms with Crippen molar-refractivity contribution >= 4 is 17.4 Å². The van der Waals surface area contributed by atoms with E-state index in [0.29, 0.717) is 17.2 Å². The summed E-state index contributed by atoms with van der Waals surface area (Å²) in [6.45, 7) is -0.151. The predicted octanol–water partition coefficient (Wildman–Crippen LogP) is 2.73. The highest BCUT2D eigenvalue weighted by Crippen LogP contribution is 2.46. The normalized spacial score (nSPS) is 16.8. The molecule has 1 aliphatic carbocycles. The summed E-state index contributed by atoms with van der Waals surface area (Å²) in [5, 5.41) is 6.04. The molecule has 0 spiro atoms. The van der Waals surface area contributed by atoms with Crippen molar-refractivity contribution in [2.45, 2.75) is 18.4 Å². The van der Waals surface area contributed by atoms with Gasteiger partial charge in [-0.15, -0.1) is 0 Å². The molecule has 0 radical (unpaired) electrons. The van der Waals surface area contributed by atoms with Gasteiger partial charge in [0, 0.05) is 11.8 Å². The molecule has 7 heteroatoms. The molecule has 1 saturated carbocycles. The Morgan fingerprint density at radius 1 is 1.03 bits per heavy atom. The fraction of sp³-hybridized carbons (Fsp3) is 0.273. The third kappa shape index (κ3) is 3.63. The predicted molar refractivity (Wildman–Crippen MR) is 107 cm³/mol. The lowest BCUT2D eigenvalue weighted by molar-refractivity contribution is -0.120. The molecule has 1 fully saturated rings. The molecular weight excluding hydrogens is 372 g/mol. The van der Waals surface area contributed by atoms with Crippen LogP contribution in [0.4, 0.5) is 5.69 Å². The van der Waals surface area contributed by atoms with Gasteiger partial charge in [0.05, 0.1) is 19.8 Å². The highest BCUT2D eigenvalue weighted by Gasteiger charge is 2.47. The molecule has 2 aliphatic rings. The van der Waals surface area contributed by atoms with Crippen LogP contribution in [0.15, 0.2) is 60.0 Å². The zero-order valence-electron chi connectivity index (χ0n) is 16.3. The number of nitrogens with one attached hydrogen (secondary N) is 2. The van der Waals surface area contributed by atoms with Gasteiger partial charge in [-0.2, -0.15) is 0 Å². The molecule has 0 atom stereocenters. The van der Waals surface area contributed by atoms with Crippen molar-refractivity contribution in [1.29, 1.82) is 0 Å². The molecule has 2 aromatic rings. The summed E-state index contributed by atoms with van der Waals surface area (Å²) in [5.74, 6) is 0.383. The van der Waals surface area contributed by atoms with E-state index in [1.807, 2.05) is 30.3 Å². The first-order valence-corrected chi connectivity index (χ1v) is 9.34. The lowest BCUT2D eigenvalue weighted by atomic mass is 10.0. The van der Waals surface area contributed by atoms with Gasteiger partial charge in [-0.1, -0.05) is 30.3 Å². The second kappa shape index (κ2) is 7.50. The molecular formula is C22H22N2O5. The minimum Gasteiger partial charge on any atom is -0.493 e. The van der Waals surface area contributed by atoms with Crippen molar-refractivity contribution in [2.75, 3.05) is 26.1 Å². The van der Waals surface area contributed by atoms with E-state index in [1.165, 1.54) is 14.2 Å². The van der Waals surface area contributed by atoms with E-state index >= 15 is 0 Å². The van der Waals surface area contributed by atoms with Crippen LogP contribution in [0.3, 0.4) is 0 Å². The monoisotopic (exact) mass is 394 g/mol. The van der Waals surface area contributed by atoms with Crippen LogP contribution >= 0.6 is 0 Å². The smallest absolute Gasteiger partial charge is 0.264 e. The number of rotatable bonds is 7. The Labute approximate surface area is 168 Å². The molecule has 2 N–H and O–H groups in total. The Bertz CT molecular complexity index is 980. The second-order valence-corrected chi connectivity index (χ2v) is 7.01. The molecule has 29 heavy (non-hydrogen) atoms. The minimum absolute atomic E-state index is 0.00184. The summed E-state index contributed by atoms with van der Waals surface area (Å²) in [5.41, 5.74) is 1.30. The second-order valence-electron chi connectivity index (χ2n) is 7.01. The number of amides is 1. The molecule has 0 saturated heterocycles. The molecule has 150 valence electrons. The Morgan fingerprint density at radius 3 is 2.41 bits per heavy atom. The Balaban J connectivity index is 1.57. The molecule has 1 amide bonds. The summed E-state index contributed by atoms with van der Waals surface area (Å²) in [4.78, 5) is 25.2. The maximum Gasteiger partial charge on any atom is 0.264 e. The standard InChI is InChI=1S/C22H22N2O5/c1-27-17-9-8-15(12-18(17)28-2)23-20(26)19-16(25)13-29-21(19)24-22(10-11-22)14-6-4-3-5-7-14/h3-9,12,24H,10-11,13H2,1-2H3,(H,23,26). The third-order valence-electron chi connectivity index (χ3n) is 5.15. The van der Waals surface area contributed by atoms with Crippen LogP contribution in [0.5, 0.6) is 11.5 Å². The van der Waals surface area contributed by atoms with E-state index in [0.717, 1.165) is 18.4 Å². The first-order chi connectivity index (χ1) is 14.1. The SMILES string of the molecule is COc1ccc(NC(=O)C2=C(NC3(c4ccccc4)CC3)OCC2=O)cc1OC. The maximum absolute atomic E-state index is 12.9. The molecule has 0 unspecified atom stereocenters. The largest absolute Gasteiger partial charge is 0.493 e. The molecule has 1 aliphatic heterocycles. The first kappa shape index (κ1) is 18.9. The van der Waals surface area contributed by atoms with Crippen LogP contribution in [0.1, 0.15) is 18.4 Å². The molecule has 2 aromatic carbocycles. The van der Waals surface area contributed by atoms with Gasteiger partial charge < -0.3 is 24.8 Å². The van der Waals surface area contributed by atoms with E-state index in [2.05, 4.69) is 10.6 Å². The van der Waals surface area contributed by atoms with Crippen molar-refractivity contribution in [3.05, 3.63) is 65.6 Å². The van der Waals surface area contributed by atoms with E-state index in [9.17, 15) is 9.59 Å². The van der Waals surface area contributed by atoms with Gasteiger partial charge >= 0.3 is 0 Å². The molecule has 7 nitrogen and oxygen atoms in total. The zero-order chi connectivity index (χ0) is 20.4. The van der Waals surface area contributed by atoms with E-state index in [1.54, 1.807) is 18.2 Å². The summed E-state index contributed by atoms with van der Waals surface area (Å²) >= 11 is 0. The van der Waals surface area contributed by atoms with Crippen molar-refractivity contribution in [3.63, 3.8) is 0 Å². The molecule has 0 bridgehead atoms. The number of hydrogen-bond donors (Lipinski definition) is 2. The van der Waals surface area contributed by atoms with Crippen molar-refractivity contribution in [2.24, 2.45) is 0 Å². The Hall–Kier alpha value is -3.48. The van der Waals surface area contributed by atoms with Gasteiger partial charge in [-0.25, -0.2) is 0 Å². The fourth-order valence-electron chi connectivity index (χ4n) is 3.43. The van der Waals surface area contributed by atoms with Gasteiger partial charge in [0.2, 0.25) is 11.7 Å². The number of anilines is 1. The maximum atomic E-state index is 12.9. The van der Waals surface area contributed by atoms with Crippen molar-refractivity contribution in [3.8, 4) is 11.5 Å². The van der Waals surface area contributed by atoms with Gasteiger partial charge in [0.25, 0.3) is 5.91 Å². The van der Waals surface area contributed by atoms with Crippen LogP contribution < -0.4 is 20.1 Å². The number of carbonyl (C=O) groups excluding carboxylic acids is 2. The van der Waals surface area contributed by atoms with E-state index < -0.39 is 5.91 Å². The molecule has 1 heterocycles. The van der Waals surface area contributed by atoms with Crippen LogP contribution in [0.25, 0.3) is 0 Å².